The van der Waals surface area contributed by atoms with Gasteiger partial charge in [-0.15, -0.1) is 11.8 Å². The van der Waals surface area contributed by atoms with E-state index in [1.165, 1.54) is 18.9 Å². The Kier molecular flexibility index (Phi) is 8.21. The highest BCUT2D eigenvalue weighted by atomic mass is 32.2. The van der Waals surface area contributed by atoms with Crippen LogP contribution >= 0.6 is 11.8 Å². The minimum Gasteiger partial charge on any atom is -0.497 e. The third kappa shape index (κ3) is 6.43. The van der Waals surface area contributed by atoms with Crippen molar-refractivity contribution < 1.29 is 23.8 Å². The average Bonchev–Trinajstić information content (AvgIpc) is 2.85. The van der Waals surface area contributed by atoms with Crippen molar-refractivity contribution in [2.75, 3.05) is 32.0 Å². The molecule has 0 aromatic heterocycles. The van der Waals surface area contributed by atoms with Crippen molar-refractivity contribution in [3.8, 4) is 17.2 Å². The highest BCUT2D eigenvalue weighted by Crippen LogP contribution is 2.29. The van der Waals surface area contributed by atoms with Crippen molar-refractivity contribution in [2.24, 2.45) is 0 Å². The number of hydrogen-bond donors (Lipinski definition) is 2. The number of anilines is 2. The molecule has 0 radical (unpaired) electrons. The van der Waals surface area contributed by atoms with Gasteiger partial charge in [0.15, 0.2) is 11.5 Å². The smallest absolute Gasteiger partial charge is 0.255 e. The number of ether oxygens (including phenoxy) is 3. The topological polar surface area (TPSA) is 85.9 Å². The highest BCUT2D eigenvalue weighted by Gasteiger charge is 2.15. The maximum Gasteiger partial charge on any atom is 0.255 e. The first kappa shape index (κ1) is 24.0. The predicted molar refractivity (Wildman–Crippen MR) is 131 cm³/mol. The van der Waals surface area contributed by atoms with Crippen LogP contribution in [-0.2, 0) is 4.79 Å². The van der Waals surface area contributed by atoms with Gasteiger partial charge in [0.25, 0.3) is 5.91 Å². The van der Waals surface area contributed by atoms with Crippen LogP contribution in [0.3, 0.4) is 0 Å². The van der Waals surface area contributed by atoms with E-state index in [1.807, 2.05) is 19.1 Å². The summed E-state index contributed by atoms with van der Waals surface area (Å²) in [6.45, 7) is 1.84. The molecular weight excluding hydrogens is 440 g/mol. The van der Waals surface area contributed by atoms with Crippen LogP contribution in [0.25, 0.3) is 0 Å². The van der Waals surface area contributed by atoms with E-state index in [1.54, 1.807) is 68.8 Å². The molecule has 0 aliphatic carbocycles. The van der Waals surface area contributed by atoms with Gasteiger partial charge in [-0.2, -0.15) is 0 Å². The second-order valence-electron chi connectivity index (χ2n) is 7.03. The van der Waals surface area contributed by atoms with Crippen LogP contribution in [0.15, 0.2) is 71.6 Å². The Morgan fingerprint density at radius 2 is 1.36 bits per heavy atom. The molecule has 8 heteroatoms. The van der Waals surface area contributed by atoms with E-state index in [0.717, 1.165) is 10.6 Å². The average molecular weight is 467 g/mol. The summed E-state index contributed by atoms with van der Waals surface area (Å²) in [7, 11) is 4.66. The Bertz CT molecular complexity index is 1100. The normalized spacial score (nSPS) is 11.3. The van der Waals surface area contributed by atoms with Crippen LogP contribution in [0.5, 0.6) is 17.2 Å². The second-order valence-corrected chi connectivity index (χ2v) is 8.44. The number of hydrogen-bond acceptors (Lipinski definition) is 6. The molecule has 172 valence electrons. The molecule has 33 heavy (non-hydrogen) atoms. The lowest BCUT2D eigenvalue weighted by Gasteiger charge is -2.13. The van der Waals surface area contributed by atoms with Crippen molar-refractivity contribution in [1.82, 2.24) is 0 Å². The quantitative estimate of drug-likeness (QED) is 0.428. The Hall–Kier alpha value is -3.65. The van der Waals surface area contributed by atoms with Gasteiger partial charge in [-0.3, -0.25) is 9.59 Å². The SMILES string of the molecule is COc1ccc(NC(=O)C(C)Sc2ccc(NC(=O)c3ccc(OC)c(OC)c3)cc2)cc1. The molecule has 7 nitrogen and oxygen atoms in total. The van der Waals surface area contributed by atoms with Gasteiger partial charge >= 0.3 is 0 Å². The number of nitrogens with one attached hydrogen (secondary N) is 2. The van der Waals surface area contributed by atoms with Crippen LogP contribution in [-0.4, -0.2) is 38.4 Å². The number of carbonyl (C=O) groups is 2. The van der Waals surface area contributed by atoms with Crippen LogP contribution in [0, 0.1) is 0 Å². The van der Waals surface area contributed by atoms with Gasteiger partial charge in [-0.1, -0.05) is 0 Å². The minimum atomic E-state index is -0.306. The summed E-state index contributed by atoms with van der Waals surface area (Å²) in [5.41, 5.74) is 1.81. The van der Waals surface area contributed by atoms with Gasteiger partial charge in [-0.25, -0.2) is 0 Å². The van der Waals surface area contributed by atoms with E-state index in [2.05, 4.69) is 10.6 Å². The lowest BCUT2D eigenvalue weighted by molar-refractivity contribution is -0.115. The standard InChI is InChI=1S/C25H26N2O5S/c1-16(24(28)26-18-6-10-20(30-2)11-7-18)33-21-12-8-19(9-13-21)27-25(29)17-5-14-22(31-3)23(15-17)32-4/h5-16H,1-4H3,(H,26,28)(H,27,29). The third-order valence-electron chi connectivity index (χ3n) is 4.80. The first-order chi connectivity index (χ1) is 15.9. The molecule has 1 unspecified atom stereocenters. The second kappa shape index (κ2) is 11.3. The highest BCUT2D eigenvalue weighted by molar-refractivity contribution is 8.00. The van der Waals surface area contributed by atoms with E-state index in [9.17, 15) is 9.59 Å². The number of methoxy groups -OCH3 is 3. The van der Waals surface area contributed by atoms with E-state index < -0.39 is 0 Å². The Balaban J connectivity index is 1.57. The minimum absolute atomic E-state index is 0.101. The lowest BCUT2D eigenvalue weighted by atomic mass is 10.2. The van der Waals surface area contributed by atoms with Crippen LogP contribution in [0.4, 0.5) is 11.4 Å². The van der Waals surface area contributed by atoms with Crippen LogP contribution in [0.1, 0.15) is 17.3 Å². The van der Waals surface area contributed by atoms with Crippen LogP contribution < -0.4 is 24.8 Å². The summed E-state index contributed by atoms with van der Waals surface area (Å²) in [6.07, 6.45) is 0. The number of carbonyl (C=O) groups excluding carboxylic acids is 2. The van der Waals surface area contributed by atoms with Crippen molar-refractivity contribution in [3.05, 3.63) is 72.3 Å². The summed E-state index contributed by atoms with van der Waals surface area (Å²) in [4.78, 5) is 26.0. The fourth-order valence-corrected chi connectivity index (χ4v) is 3.84. The zero-order valence-electron chi connectivity index (χ0n) is 18.9. The summed E-state index contributed by atoms with van der Waals surface area (Å²) in [6, 6.07) is 19.5. The Morgan fingerprint density at radius 1 is 0.758 bits per heavy atom. The van der Waals surface area contributed by atoms with Gasteiger partial charge in [0, 0.05) is 21.8 Å². The number of thioether (sulfide) groups is 1. The van der Waals surface area contributed by atoms with E-state index in [4.69, 9.17) is 14.2 Å². The molecule has 0 saturated heterocycles. The Labute approximate surface area is 197 Å². The molecule has 0 bridgehead atoms. The molecule has 3 aromatic carbocycles. The van der Waals surface area contributed by atoms with E-state index in [-0.39, 0.29) is 17.1 Å². The van der Waals surface area contributed by atoms with Crippen molar-refractivity contribution in [3.63, 3.8) is 0 Å². The molecule has 0 aliphatic heterocycles. The molecule has 0 fully saturated rings. The maximum absolute atomic E-state index is 12.6. The zero-order valence-corrected chi connectivity index (χ0v) is 19.7. The summed E-state index contributed by atoms with van der Waals surface area (Å²) < 4.78 is 15.6. The first-order valence-corrected chi connectivity index (χ1v) is 11.1. The molecule has 2 amide bonds. The van der Waals surface area contributed by atoms with Crippen LogP contribution in [0.2, 0.25) is 0 Å². The van der Waals surface area contributed by atoms with Crippen molar-refractivity contribution in [2.45, 2.75) is 17.1 Å². The molecule has 3 aromatic rings. The van der Waals surface area contributed by atoms with E-state index >= 15 is 0 Å². The van der Waals surface area contributed by atoms with Gasteiger partial charge < -0.3 is 24.8 Å². The molecule has 0 heterocycles. The molecule has 0 saturated carbocycles. The molecule has 2 N–H and O–H groups in total. The van der Waals surface area contributed by atoms with Crippen molar-refractivity contribution >= 4 is 35.0 Å². The number of amides is 2. The molecule has 1 atom stereocenters. The third-order valence-corrected chi connectivity index (χ3v) is 5.91. The molecule has 3 rings (SSSR count). The first-order valence-electron chi connectivity index (χ1n) is 10.2. The summed E-state index contributed by atoms with van der Waals surface area (Å²) in [5.74, 6) is 1.41. The monoisotopic (exact) mass is 466 g/mol. The zero-order chi connectivity index (χ0) is 23.8. The molecule has 0 spiro atoms. The fourth-order valence-electron chi connectivity index (χ4n) is 2.97. The maximum atomic E-state index is 12.6. The fraction of sp³-hybridized carbons (Fsp3) is 0.200. The molecule has 0 aliphatic rings. The Morgan fingerprint density at radius 3 is 1.97 bits per heavy atom. The number of rotatable bonds is 9. The summed E-state index contributed by atoms with van der Waals surface area (Å²) in [5, 5.41) is 5.45. The van der Waals surface area contributed by atoms with Gasteiger partial charge in [0.05, 0.1) is 26.6 Å². The number of benzene rings is 3. The molecular formula is C25H26N2O5S. The van der Waals surface area contributed by atoms with Gasteiger partial charge in [-0.05, 0) is 73.7 Å². The van der Waals surface area contributed by atoms with Gasteiger partial charge in [0.2, 0.25) is 5.91 Å². The van der Waals surface area contributed by atoms with Gasteiger partial charge in [0.1, 0.15) is 5.75 Å². The largest absolute Gasteiger partial charge is 0.497 e. The lowest BCUT2D eigenvalue weighted by Crippen LogP contribution is -2.22. The summed E-state index contributed by atoms with van der Waals surface area (Å²) >= 11 is 1.43. The van der Waals surface area contributed by atoms with E-state index in [0.29, 0.717) is 28.4 Å². The predicted octanol–water partition coefficient (Wildman–Crippen LogP) is 5.08. The van der Waals surface area contributed by atoms with Crippen molar-refractivity contribution in [1.29, 1.82) is 0 Å².